The second-order valence-electron chi connectivity index (χ2n) is 11.9. The quantitative estimate of drug-likeness (QED) is 0.450. The summed E-state index contributed by atoms with van der Waals surface area (Å²) < 4.78 is 11.7. The van der Waals surface area contributed by atoms with E-state index in [1.807, 2.05) is 37.3 Å². The normalized spacial score (nSPS) is 29.3. The topological polar surface area (TPSA) is 97.0 Å². The highest BCUT2D eigenvalue weighted by Crippen LogP contribution is 2.56. The number of aryl methyl sites for hydroxylation is 1. The number of carbonyl (C=O) groups is 3. The van der Waals surface area contributed by atoms with E-state index in [4.69, 9.17) is 9.47 Å². The van der Waals surface area contributed by atoms with E-state index in [1.165, 1.54) is 12.0 Å². The highest BCUT2D eigenvalue weighted by molar-refractivity contribution is 6.03. The highest BCUT2D eigenvalue weighted by atomic mass is 16.5. The molecule has 8 heteroatoms. The van der Waals surface area contributed by atoms with E-state index in [-0.39, 0.29) is 29.8 Å². The molecule has 0 aromatic heterocycles. The molecule has 3 fully saturated rings. The number of fused-ring (bicyclic) bond motifs is 1. The Balaban J connectivity index is 1.28. The van der Waals surface area contributed by atoms with Crippen LogP contribution in [0.5, 0.6) is 5.75 Å². The van der Waals surface area contributed by atoms with Gasteiger partial charge in [0.25, 0.3) is 0 Å². The van der Waals surface area contributed by atoms with Crippen LogP contribution < -0.4 is 15.4 Å². The molecule has 3 aliphatic heterocycles. The van der Waals surface area contributed by atoms with Crippen LogP contribution in [0.2, 0.25) is 0 Å². The number of ether oxygens (including phenoxy) is 2. The fourth-order valence-electron chi connectivity index (χ4n) is 7.27. The zero-order valence-electron chi connectivity index (χ0n) is 23.8. The number of nitrogens with one attached hydrogen (secondary N) is 2. The molecule has 6 atom stereocenters. The SMILES string of the molecule is COc1ccc(NC(=O)C2[C@H]3C=CC4(O3)C(C(=O)NC3CCCCC3)N(C(C)CCc3ccccc3)C(=O)[C@@H]24)cc1. The van der Waals surface area contributed by atoms with E-state index in [0.29, 0.717) is 17.9 Å². The van der Waals surface area contributed by atoms with Crippen molar-refractivity contribution in [2.24, 2.45) is 11.8 Å². The van der Waals surface area contributed by atoms with Gasteiger partial charge in [-0.25, -0.2) is 0 Å². The Bertz CT molecular complexity index is 1310. The summed E-state index contributed by atoms with van der Waals surface area (Å²) in [5, 5.41) is 6.24. The van der Waals surface area contributed by atoms with Crippen LogP contribution in [0.15, 0.2) is 66.7 Å². The number of hydrogen-bond acceptors (Lipinski definition) is 5. The molecule has 6 rings (SSSR count). The summed E-state index contributed by atoms with van der Waals surface area (Å²) in [7, 11) is 1.59. The van der Waals surface area contributed by atoms with Gasteiger partial charge in [-0.1, -0.05) is 61.7 Å². The van der Waals surface area contributed by atoms with Crippen LogP contribution in [0.3, 0.4) is 0 Å². The fourth-order valence-corrected chi connectivity index (χ4v) is 7.27. The van der Waals surface area contributed by atoms with Crippen LogP contribution in [0.1, 0.15) is 51.0 Å². The van der Waals surface area contributed by atoms with Crippen LogP contribution in [-0.4, -0.2) is 59.6 Å². The lowest BCUT2D eigenvalue weighted by molar-refractivity contribution is -0.143. The molecule has 216 valence electrons. The Morgan fingerprint density at radius 3 is 2.49 bits per heavy atom. The number of nitrogens with zero attached hydrogens (tertiary/aromatic N) is 1. The van der Waals surface area contributed by atoms with Gasteiger partial charge in [-0.05, 0) is 62.4 Å². The summed E-state index contributed by atoms with van der Waals surface area (Å²) in [6.07, 6.45) is 9.90. The average molecular weight is 558 g/mol. The van der Waals surface area contributed by atoms with Crippen molar-refractivity contribution in [3.63, 3.8) is 0 Å². The zero-order valence-corrected chi connectivity index (χ0v) is 23.8. The summed E-state index contributed by atoms with van der Waals surface area (Å²) in [6.45, 7) is 2.00. The number of carbonyl (C=O) groups excluding carboxylic acids is 3. The van der Waals surface area contributed by atoms with Gasteiger partial charge in [0, 0.05) is 17.8 Å². The third-order valence-corrected chi connectivity index (χ3v) is 9.34. The van der Waals surface area contributed by atoms with Gasteiger partial charge in [0.05, 0.1) is 25.0 Å². The van der Waals surface area contributed by atoms with E-state index in [0.717, 1.165) is 32.1 Å². The predicted octanol–water partition coefficient (Wildman–Crippen LogP) is 4.25. The number of anilines is 1. The molecule has 4 unspecified atom stereocenters. The Hall–Kier alpha value is -3.65. The number of methoxy groups -OCH3 is 1. The molecule has 4 aliphatic rings. The van der Waals surface area contributed by atoms with Gasteiger partial charge in [-0.3, -0.25) is 14.4 Å². The van der Waals surface area contributed by atoms with E-state index in [9.17, 15) is 14.4 Å². The van der Waals surface area contributed by atoms with Gasteiger partial charge in [0.15, 0.2) is 0 Å². The van der Waals surface area contributed by atoms with E-state index >= 15 is 0 Å². The van der Waals surface area contributed by atoms with Gasteiger partial charge >= 0.3 is 0 Å². The van der Waals surface area contributed by atoms with Crippen molar-refractivity contribution < 1.29 is 23.9 Å². The lowest BCUT2D eigenvalue weighted by Crippen LogP contribution is -2.58. The monoisotopic (exact) mass is 557 g/mol. The Morgan fingerprint density at radius 2 is 1.78 bits per heavy atom. The number of likely N-dealkylation sites (tertiary alicyclic amines) is 1. The van der Waals surface area contributed by atoms with Crippen LogP contribution in [-0.2, 0) is 25.5 Å². The van der Waals surface area contributed by atoms with Crippen LogP contribution in [0.25, 0.3) is 0 Å². The van der Waals surface area contributed by atoms with Crippen LogP contribution in [0.4, 0.5) is 5.69 Å². The van der Waals surface area contributed by atoms with Crippen molar-refractivity contribution in [1.29, 1.82) is 0 Å². The minimum absolute atomic E-state index is 0.0972. The minimum atomic E-state index is -1.16. The van der Waals surface area contributed by atoms with Gasteiger partial charge in [0.2, 0.25) is 17.7 Å². The summed E-state index contributed by atoms with van der Waals surface area (Å²) in [6, 6.07) is 16.3. The van der Waals surface area contributed by atoms with Gasteiger partial charge < -0.3 is 25.0 Å². The first kappa shape index (κ1) is 27.5. The smallest absolute Gasteiger partial charge is 0.246 e. The van der Waals surface area contributed by atoms with Gasteiger partial charge in [-0.2, -0.15) is 0 Å². The first-order chi connectivity index (χ1) is 19.9. The highest BCUT2D eigenvalue weighted by Gasteiger charge is 2.73. The molecule has 2 aromatic carbocycles. The molecule has 2 aromatic rings. The fraction of sp³-hybridized carbons (Fsp3) is 0.485. The molecule has 2 N–H and O–H groups in total. The van der Waals surface area contributed by atoms with Crippen molar-refractivity contribution in [2.75, 3.05) is 12.4 Å². The Labute approximate surface area is 241 Å². The van der Waals surface area contributed by atoms with Crippen molar-refractivity contribution in [3.8, 4) is 5.75 Å². The second-order valence-corrected chi connectivity index (χ2v) is 11.9. The average Bonchev–Trinajstić information content (AvgIpc) is 3.64. The summed E-state index contributed by atoms with van der Waals surface area (Å²) in [4.78, 5) is 43.8. The maximum atomic E-state index is 14.3. The Kier molecular flexibility index (Phi) is 7.60. The van der Waals surface area contributed by atoms with E-state index < -0.39 is 29.6 Å². The second kappa shape index (κ2) is 11.3. The number of benzene rings is 2. The molecule has 1 spiro atoms. The lowest BCUT2D eigenvalue weighted by Gasteiger charge is -2.36. The number of hydrogen-bond donors (Lipinski definition) is 2. The first-order valence-corrected chi connectivity index (χ1v) is 14.9. The molecule has 1 aliphatic carbocycles. The molecule has 1 saturated carbocycles. The van der Waals surface area contributed by atoms with Gasteiger partial charge in [0.1, 0.15) is 17.4 Å². The van der Waals surface area contributed by atoms with E-state index in [1.54, 1.807) is 36.3 Å². The zero-order chi connectivity index (χ0) is 28.6. The van der Waals surface area contributed by atoms with Crippen molar-refractivity contribution in [1.82, 2.24) is 10.2 Å². The molecule has 2 bridgehead atoms. The standard InChI is InChI=1S/C33H39N3O5/c1-21(13-14-22-9-5-3-6-10-22)36-29(31(38)35-23-11-7-4-8-12-23)33-20-19-26(41-33)27(28(33)32(36)39)30(37)34-24-15-17-25(40-2)18-16-24/h3,5-6,9-10,15-21,23,26-29H,4,7-8,11-14H2,1-2H3,(H,34,37)(H,35,38)/t21?,26-,27?,28-,29?,33?/m1/s1. The number of amides is 3. The first-order valence-electron chi connectivity index (χ1n) is 14.9. The maximum Gasteiger partial charge on any atom is 0.246 e. The third-order valence-electron chi connectivity index (χ3n) is 9.34. The van der Waals surface area contributed by atoms with Crippen molar-refractivity contribution in [2.45, 2.75) is 81.7 Å². The largest absolute Gasteiger partial charge is 0.497 e. The molecule has 3 amide bonds. The number of rotatable bonds is 9. The molecular formula is C33H39N3O5. The molecule has 2 saturated heterocycles. The summed E-state index contributed by atoms with van der Waals surface area (Å²) >= 11 is 0. The third kappa shape index (κ3) is 5.03. The molecule has 3 heterocycles. The van der Waals surface area contributed by atoms with Gasteiger partial charge in [-0.15, -0.1) is 0 Å². The van der Waals surface area contributed by atoms with Crippen molar-refractivity contribution in [3.05, 3.63) is 72.3 Å². The molecular weight excluding hydrogens is 518 g/mol. The van der Waals surface area contributed by atoms with Crippen LogP contribution >= 0.6 is 0 Å². The molecule has 41 heavy (non-hydrogen) atoms. The summed E-state index contributed by atoms with van der Waals surface area (Å²) in [5.74, 6) is -1.46. The van der Waals surface area contributed by atoms with Crippen molar-refractivity contribution >= 4 is 23.4 Å². The molecule has 8 nitrogen and oxygen atoms in total. The predicted molar refractivity (Wildman–Crippen MR) is 155 cm³/mol. The van der Waals surface area contributed by atoms with Crippen LogP contribution in [0, 0.1) is 11.8 Å². The lowest BCUT2D eigenvalue weighted by atomic mass is 9.74. The summed E-state index contributed by atoms with van der Waals surface area (Å²) in [5.41, 5.74) is 0.631. The Morgan fingerprint density at radius 1 is 1.05 bits per heavy atom. The minimum Gasteiger partial charge on any atom is -0.497 e. The van der Waals surface area contributed by atoms with E-state index in [2.05, 4.69) is 22.8 Å². The molecule has 0 radical (unpaired) electrons. The maximum absolute atomic E-state index is 14.3.